The highest BCUT2D eigenvalue weighted by Gasteiger charge is 2.36. The molecule has 16 heavy (non-hydrogen) atoms. The first-order valence-corrected chi connectivity index (χ1v) is 6.15. The normalized spacial score (nSPS) is 35.9. The SMILES string of the molecule is CC1CCC(CN2C(=O)CC(C)C2=O)CN1. The van der Waals surface area contributed by atoms with Crippen molar-refractivity contribution < 1.29 is 9.59 Å². The average Bonchev–Trinajstić information content (AvgIpc) is 2.48. The van der Waals surface area contributed by atoms with Crippen molar-refractivity contribution in [1.82, 2.24) is 10.2 Å². The van der Waals surface area contributed by atoms with Crippen molar-refractivity contribution in [3.05, 3.63) is 0 Å². The van der Waals surface area contributed by atoms with E-state index < -0.39 is 0 Å². The molecule has 2 rings (SSSR count). The number of imide groups is 1. The van der Waals surface area contributed by atoms with Gasteiger partial charge in [0, 0.05) is 24.9 Å². The van der Waals surface area contributed by atoms with Crippen molar-refractivity contribution in [2.75, 3.05) is 13.1 Å². The molecule has 3 atom stereocenters. The van der Waals surface area contributed by atoms with E-state index >= 15 is 0 Å². The van der Waals surface area contributed by atoms with Gasteiger partial charge >= 0.3 is 0 Å². The molecular weight excluding hydrogens is 204 g/mol. The minimum atomic E-state index is -0.108. The maximum Gasteiger partial charge on any atom is 0.232 e. The van der Waals surface area contributed by atoms with Crippen molar-refractivity contribution in [1.29, 1.82) is 0 Å². The van der Waals surface area contributed by atoms with Crippen molar-refractivity contribution in [3.63, 3.8) is 0 Å². The van der Waals surface area contributed by atoms with Gasteiger partial charge in [-0.2, -0.15) is 0 Å². The monoisotopic (exact) mass is 224 g/mol. The second-order valence-corrected chi connectivity index (χ2v) is 5.20. The Kier molecular flexibility index (Phi) is 3.28. The second kappa shape index (κ2) is 4.53. The predicted molar refractivity (Wildman–Crippen MR) is 60.7 cm³/mol. The van der Waals surface area contributed by atoms with E-state index in [2.05, 4.69) is 12.2 Å². The molecule has 2 amide bonds. The number of nitrogens with zero attached hydrogens (tertiary/aromatic N) is 1. The minimum absolute atomic E-state index is 0.0103. The van der Waals surface area contributed by atoms with Crippen molar-refractivity contribution >= 4 is 11.8 Å². The first-order chi connectivity index (χ1) is 7.58. The number of hydrogen-bond donors (Lipinski definition) is 1. The Morgan fingerprint density at radius 2 is 2.06 bits per heavy atom. The molecule has 0 radical (unpaired) electrons. The molecule has 2 fully saturated rings. The van der Waals surface area contributed by atoms with Gasteiger partial charge in [-0.25, -0.2) is 0 Å². The molecule has 2 aliphatic heterocycles. The van der Waals surface area contributed by atoms with E-state index in [4.69, 9.17) is 0 Å². The third-order valence-electron chi connectivity index (χ3n) is 3.67. The highest BCUT2D eigenvalue weighted by molar-refractivity contribution is 6.03. The topological polar surface area (TPSA) is 49.4 Å². The maximum atomic E-state index is 11.7. The van der Waals surface area contributed by atoms with Crippen LogP contribution >= 0.6 is 0 Å². The number of likely N-dealkylation sites (tertiary alicyclic amines) is 1. The van der Waals surface area contributed by atoms with E-state index in [0.29, 0.717) is 24.9 Å². The van der Waals surface area contributed by atoms with Gasteiger partial charge in [0.2, 0.25) is 11.8 Å². The number of carbonyl (C=O) groups is 2. The van der Waals surface area contributed by atoms with Gasteiger partial charge in [0.1, 0.15) is 0 Å². The summed E-state index contributed by atoms with van der Waals surface area (Å²) in [4.78, 5) is 24.8. The lowest BCUT2D eigenvalue weighted by molar-refractivity contribution is -0.140. The lowest BCUT2D eigenvalue weighted by Gasteiger charge is -2.30. The van der Waals surface area contributed by atoms with Crippen molar-refractivity contribution in [2.24, 2.45) is 11.8 Å². The van der Waals surface area contributed by atoms with E-state index in [0.717, 1.165) is 19.4 Å². The summed E-state index contributed by atoms with van der Waals surface area (Å²) in [7, 11) is 0. The van der Waals surface area contributed by atoms with Crippen LogP contribution in [0.1, 0.15) is 33.1 Å². The van der Waals surface area contributed by atoms with E-state index in [9.17, 15) is 9.59 Å². The fourth-order valence-corrected chi connectivity index (χ4v) is 2.51. The average molecular weight is 224 g/mol. The zero-order chi connectivity index (χ0) is 11.7. The number of amides is 2. The van der Waals surface area contributed by atoms with E-state index in [1.165, 1.54) is 4.90 Å². The quantitative estimate of drug-likeness (QED) is 0.705. The van der Waals surface area contributed by atoms with Crippen LogP contribution in [0, 0.1) is 11.8 Å². The Hall–Kier alpha value is -0.900. The van der Waals surface area contributed by atoms with Gasteiger partial charge < -0.3 is 5.32 Å². The standard InChI is InChI=1S/C12H20N2O2/c1-8-5-11(15)14(12(8)16)7-10-4-3-9(2)13-6-10/h8-10,13H,3-7H2,1-2H3. The van der Waals surface area contributed by atoms with Crippen molar-refractivity contribution in [3.8, 4) is 0 Å². The van der Waals surface area contributed by atoms with E-state index in [1.807, 2.05) is 6.92 Å². The van der Waals surface area contributed by atoms with Crippen LogP contribution in [0.3, 0.4) is 0 Å². The van der Waals surface area contributed by atoms with Crippen LogP contribution < -0.4 is 5.32 Å². The molecule has 4 heteroatoms. The third-order valence-corrected chi connectivity index (χ3v) is 3.67. The molecule has 1 N–H and O–H groups in total. The summed E-state index contributed by atoms with van der Waals surface area (Å²) in [5.74, 6) is 0.358. The summed E-state index contributed by atoms with van der Waals surface area (Å²) in [6.45, 7) is 5.54. The smallest absolute Gasteiger partial charge is 0.232 e. The lowest BCUT2D eigenvalue weighted by Crippen LogP contribution is -2.43. The Morgan fingerprint density at radius 1 is 1.31 bits per heavy atom. The zero-order valence-electron chi connectivity index (χ0n) is 10.0. The van der Waals surface area contributed by atoms with Gasteiger partial charge in [-0.3, -0.25) is 14.5 Å². The fourth-order valence-electron chi connectivity index (χ4n) is 2.51. The van der Waals surface area contributed by atoms with Gasteiger partial charge in [-0.15, -0.1) is 0 Å². The molecule has 0 aromatic rings. The third kappa shape index (κ3) is 2.26. The van der Waals surface area contributed by atoms with Crippen LogP contribution in [0.25, 0.3) is 0 Å². The van der Waals surface area contributed by atoms with Crippen LogP contribution in [0.4, 0.5) is 0 Å². The fraction of sp³-hybridized carbons (Fsp3) is 0.833. The molecular formula is C12H20N2O2. The Morgan fingerprint density at radius 3 is 2.56 bits per heavy atom. The Balaban J connectivity index is 1.90. The Bertz CT molecular complexity index is 295. The van der Waals surface area contributed by atoms with Gasteiger partial charge in [-0.1, -0.05) is 6.92 Å². The molecule has 3 unspecified atom stereocenters. The van der Waals surface area contributed by atoms with Crippen LogP contribution in [0.2, 0.25) is 0 Å². The molecule has 0 aliphatic carbocycles. The van der Waals surface area contributed by atoms with Crippen LogP contribution in [-0.2, 0) is 9.59 Å². The van der Waals surface area contributed by atoms with Gasteiger partial charge in [0.25, 0.3) is 0 Å². The lowest BCUT2D eigenvalue weighted by atomic mass is 9.95. The van der Waals surface area contributed by atoms with Crippen LogP contribution in [0.15, 0.2) is 0 Å². The first-order valence-electron chi connectivity index (χ1n) is 6.15. The summed E-state index contributed by atoms with van der Waals surface area (Å²) >= 11 is 0. The van der Waals surface area contributed by atoms with Crippen molar-refractivity contribution in [2.45, 2.75) is 39.2 Å². The number of rotatable bonds is 2. The molecule has 0 spiro atoms. The molecule has 2 saturated heterocycles. The predicted octanol–water partition coefficient (Wildman–Crippen LogP) is 0.769. The second-order valence-electron chi connectivity index (χ2n) is 5.20. The number of nitrogens with one attached hydrogen (secondary N) is 1. The first kappa shape index (κ1) is 11.6. The molecule has 2 aliphatic rings. The van der Waals surface area contributed by atoms with Crippen LogP contribution in [-0.4, -0.2) is 35.8 Å². The molecule has 0 saturated carbocycles. The number of carbonyl (C=O) groups excluding carboxylic acids is 2. The molecule has 90 valence electrons. The maximum absolute atomic E-state index is 11.7. The molecule has 0 aromatic heterocycles. The van der Waals surface area contributed by atoms with E-state index in [-0.39, 0.29) is 17.7 Å². The number of hydrogen-bond acceptors (Lipinski definition) is 3. The highest BCUT2D eigenvalue weighted by Crippen LogP contribution is 2.22. The summed E-state index contributed by atoms with van der Waals surface area (Å²) in [6, 6.07) is 0.570. The molecule has 2 heterocycles. The Labute approximate surface area is 96.4 Å². The number of piperidine rings is 1. The van der Waals surface area contributed by atoms with Gasteiger partial charge in [0.15, 0.2) is 0 Å². The molecule has 4 nitrogen and oxygen atoms in total. The molecule has 0 aromatic carbocycles. The van der Waals surface area contributed by atoms with Gasteiger partial charge in [0.05, 0.1) is 0 Å². The van der Waals surface area contributed by atoms with Gasteiger partial charge in [-0.05, 0) is 32.2 Å². The molecule has 0 bridgehead atoms. The largest absolute Gasteiger partial charge is 0.314 e. The van der Waals surface area contributed by atoms with Crippen LogP contribution in [0.5, 0.6) is 0 Å². The summed E-state index contributed by atoms with van der Waals surface area (Å²) in [6.07, 6.45) is 2.64. The zero-order valence-corrected chi connectivity index (χ0v) is 10.0. The highest BCUT2D eigenvalue weighted by atomic mass is 16.2. The summed E-state index contributed by atoms with van der Waals surface area (Å²) in [5.41, 5.74) is 0. The minimum Gasteiger partial charge on any atom is -0.314 e. The summed E-state index contributed by atoms with van der Waals surface area (Å²) < 4.78 is 0. The summed E-state index contributed by atoms with van der Waals surface area (Å²) in [5, 5.41) is 3.40. The van der Waals surface area contributed by atoms with E-state index in [1.54, 1.807) is 0 Å².